The Morgan fingerprint density at radius 1 is 0.353 bits per heavy atom. The van der Waals surface area contributed by atoms with E-state index in [2.05, 4.69) is 231 Å². The quantitative estimate of drug-likeness (QED) is 0.0411. The summed E-state index contributed by atoms with van der Waals surface area (Å²) in [5.74, 6) is 6.42. The number of nitrogens with zero attached hydrogens (tertiary/aromatic N) is 8. The molecule has 10 heteroatoms. The molecule has 13 aromatic carbocycles. The molecule has 3 aliphatic rings. The van der Waals surface area contributed by atoms with Crippen LogP contribution in [-0.2, 0) is 10.8 Å². The van der Waals surface area contributed by atoms with Gasteiger partial charge in [0.2, 0.25) is 0 Å². The van der Waals surface area contributed by atoms with Crippen LogP contribution < -0.4 is 9.47 Å². The summed E-state index contributed by atoms with van der Waals surface area (Å²) >= 11 is 0. The van der Waals surface area contributed by atoms with E-state index in [1.165, 1.54) is 17.2 Å². The van der Waals surface area contributed by atoms with E-state index in [0.717, 1.165) is 146 Å². The number of allylic oxidation sites excluding steroid dienone is 13. The normalized spacial score (nSPS) is 13.3. The molecule has 10 nitrogen and oxygen atoms in total. The maximum atomic E-state index is 9.86. The number of hydrogen-bond donors (Lipinski definition) is 0. The van der Waals surface area contributed by atoms with Crippen molar-refractivity contribution in [2.24, 2.45) is 0 Å². The second-order valence-electron chi connectivity index (χ2n) is 28.5. The van der Waals surface area contributed by atoms with Crippen LogP contribution in [0, 0.1) is 22.7 Å². The molecule has 15 aromatic rings. The van der Waals surface area contributed by atoms with Gasteiger partial charge in [0, 0.05) is 56.1 Å². The summed E-state index contributed by atoms with van der Waals surface area (Å²) in [6, 6.07) is 113. The van der Waals surface area contributed by atoms with Crippen molar-refractivity contribution in [1.82, 2.24) is 29.9 Å². The van der Waals surface area contributed by atoms with E-state index in [1.54, 1.807) is 12.2 Å². The van der Waals surface area contributed by atoms with Crippen molar-refractivity contribution in [2.45, 2.75) is 23.7 Å². The third kappa shape index (κ3) is 13.3. The molecule has 0 saturated heterocycles. The highest BCUT2D eigenvalue weighted by atomic mass is 16.5. The molecular weight excluding hydrogens is 1420 g/mol. The third-order valence-corrected chi connectivity index (χ3v) is 21.8. The van der Waals surface area contributed by atoms with Crippen molar-refractivity contribution in [3.63, 3.8) is 0 Å². The summed E-state index contributed by atoms with van der Waals surface area (Å²) in [7, 11) is 0. The molecule has 0 saturated carbocycles. The highest BCUT2D eigenvalue weighted by molar-refractivity contribution is 6.02. The molecule has 0 fully saturated rings. The smallest absolute Gasteiger partial charge is 0.164 e. The van der Waals surface area contributed by atoms with Crippen LogP contribution in [0.4, 0.5) is 0 Å². The molecule has 0 unspecified atom stereocenters. The van der Waals surface area contributed by atoms with Gasteiger partial charge in [-0.3, -0.25) is 0 Å². The number of aromatic nitrogens is 6. The molecule has 116 heavy (non-hydrogen) atoms. The summed E-state index contributed by atoms with van der Waals surface area (Å²) in [6.45, 7) is 8.77. The Kier molecular flexibility index (Phi) is 19.6. The Balaban J connectivity index is 0.637. The second-order valence-corrected chi connectivity index (χ2v) is 28.5. The minimum absolute atomic E-state index is 0.495. The topological polar surface area (TPSA) is 143 Å². The molecule has 1 aliphatic carbocycles. The van der Waals surface area contributed by atoms with Gasteiger partial charge in [-0.2, -0.15) is 10.5 Å². The third-order valence-electron chi connectivity index (χ3n) is 21.8. The first-order chi connectivity index (χ1) is 57.3. The van der Waals surface area contributed by atoms with E-state index in [9.17, 15) is 5.26 Å². The van der Waals surface area contributed by atoms with Gasteiger partial charge in [-0.05, 0) is 139 Å². The molecule has 2 aromatic heterocycles. The maximum absolute atomic E-state index is 9.86. The van der Waals surface area contributed by atoms with Crippen molar-refractivity contribution in [2.75, 3.05) is 0 Å². The first-order valence-corrected chi connectivity index (χ1v) is 38.6. The molecule has 1 spiro atoms. The average molecular weight is 1490 g/mol. The molecule has 18 rings (SSSR count). The first kappa shape index (κ1) is 72.0. The first-order valence-electron chi connectivity index (χ1n) is 38.6. The molecule has 4 heterocycles. The van der Waals surface area contributed by atoms with Gasteiger partial charge in [0.05, 0.1) is 28.5 Å². The van der Waals surface area contributed by atoms with Gasteiger partial charge in [0.1, 0.15) is 23.0 Å². The summed E-state index contributed by atoms with van der Waals surface area (Å²) < 4.78 is 13.3. The fraction of sp³-hybridized carbons (Fsp3) is 0.0377. The van der Waals surface area contributed by atoms with Gasteiger partial charge < -0.3 is 9.47 Å². The van der Waals surface area contributed by atoms with Crippen LogP contribution in [0.3, 0.4) is 0 Å². The Labute approximate surface area is 674 Å². The predicted octanol–water partition coefficient (Wildman–Crippen LogP) is 25.7. The Bertz CT molecular complexity index is 6530. The SMILES string of the molecule is C=C/C=C\C(=C)C1(C(/C=C\C=C\c2nc(-c3ccccc3)nc(-c3ccc(-c4cccc(-c5ccc(-c6nc(-c7ccccc7)nc(-c7ccc(-c8cccc9c8-c8c(-c%10ccc(C#N)cc%10)cccc8C98c9ccccc9Oc9ccccc98)cc7)n6)cc5)c4)cc3)n2)=C\CC/C=C\C=C\C#N)c2ccccc2Oc2ccccc21. The van der Waals surface area contributed by atoms with E-state index in [0.29, 0.717) is 46.9 Å². The van der Waals surface area contributed by atoms with Crippen molar-refractivity contribution >= 4 is 6.08 Å². The van der Waals surface area contributed by atoms with Gasteiger partial charge in [-0.1, -0.05) is 347 Å². The van der Waals surface area contributed by atoms with Gasteiger partial charge in [0.15, 0.2) is 34.9 Å². The monoisotopic (exact) mass is 1490 g/mol. The zero-order valence-electron chi connectivity index (χ0n) is 63.2. The van der Waals surface area contributed by atoms with Gasteiger partial charge in [-0.15, -0.1) is 0 Å². The number of para-hydroxylation sites is 4. The summed E-state index contributed by atoms with van der Waals surface area (Å²) in [6.07, 6.45) is 24.7. The van der Waals surface area contributed by atoms with Crippen LogP contribution in [-0.4, -0.2) is 29.9 Å². The lowest BCUT2D eigenvalue weighted by Gasteiger charge is -2.42. The minimum atomic E-state index is -0.844. The van der Waals surface area contributed by atoms with Crippen molar-refractivity contribution in [3.8, 4) is 148 Å². The molecule has 0 radical (unpaired) electrons. The van der Waals surface area contributed by atoms with E-state index >= 15 is 0 Å². The molecule has 0 bridgehead atoms. The Morgan fingerprint density at radius 3 is 1.22 bits per heavy atom. The van der Waals surface area contributed by atoms with Crippen molar-refractivity contribution in [1.29, 1.82) is 10.5 Å². The van der Waals surface area contributed by atoms with Crippen LogP contribution in [0.15, 0.2) is 407 Å². The fourth-order valence-electron chi connectivity index (χ4n) is 16.6. The highest BCUT2D eigenvalue weighted by Gasteiger charge is 2.52. The van der Waals surface area contributed by atoms with Crippen LogP contribution in [0.5, 0.6) is 23.0 Å². The number of fused-ring (bicyclic) bond motifs is 11. The molecule has 0 atom stereocenters. The summed E-state index contributed by atoms with van der Waals surface area (Å²) in [4.78, 5) is 30.8. The van der Waals surface area contributed by atoms with Crippen LogP contribution in [0.1, 0.15) is 57.6 Å². The van der Waals surface area contributed by atoms with Crippen LogP contribution in [0.2, 0.25) is 0 Å². The molecule has 548 valence electrons. The van der Waals surface area contributed by atoms with Gasteiger partial charge >= 0.3 is 0 Å². The van der Waals surface area contributed by atoms with Crippen molar-refractivity contribution in [3.05, 3.63) is 451 Å². The molecular formula is C106H72N8O2. The minimum Gasteiger partial charge on any atom is -0.457 e. The number of hydrogen-bond acceptors (Lipinski definition) is 10. The van der Waals surface area contributed by atoms with E-state index in [1.807, 2.05) is 158 Å². The number of nitriles is 2. The lowest BCUT2D eigenvalue weighted by molar-refractivity contribution is 0.434. The summed E-state index contributed by atoms with van der Waals surface area (Å²) in [5.41, 5.74) is 22.3. The summed E-state index contributed by atoms with van der Waals surface area (Å²) in [5, 5.41) is 19.0. The highest BCUT2D eigenvalue weighted by Crippen LogP contribution is 2.65. The number of unbranched alkanes of at least 4 members (excludes halogenated alkanes) is 1. The van der Waals surface area contributed by atoms with E-state index < -0.39 is 10.8 Å². The largest absolute Gasteiger partial charge is 0.457 e. The zero-order chi connectivity index (χ0) is 78.4. The molecule has 0 N–H and O–H groups in total. The van der Waals surface area contributed by atoms with E-state index in [-0.39, 0.29) is 0 Å². The van der Waals surface area contributed by atoms with E-state index in [4.69, 9.17) is 51.2 Å². The number of benzene rings is 13. The predicted molar refractivity (Wildman–Crippen MR) is 466 cm³/mol. The number of rotatable bonds is 20. The molecule has 2 aliphatic heterocycles. The zero-order valence-corrected chi connectivity index (χ0v) is 63.2. The lowest BCUT2D eigenvalue weighted by Crippen LogP contribution is -2.34. The molecule has 0 amide bonds. The lowest BCUT2D eigenvalue weighted by atomic mass is 9.62. The maximum Gasteiger partial charge on any atom is 0.164 e. The second kappa shape index (κ2) is 31.6. The average Bonchev–Trinajstić information content (AvgIpc) is 1.49. The van der Waals surface area contributed by atoms with Crippen LogP contribution in [0.25, 0.3) is 119 Å². The Hall–Kier alpha value is -15.6. The van der Waals surface area contributed by atoms with Gasteiger partial charge in [-0.25, -0.2) is 29.9 Å². The van der Waals surface area contributed by atoms with Gasteiger partial charge in [0.25, 0.3) is 0 Å². The van der Waals surface area contributed by atoms with Crippen LogP contribution >= 0.6 is 0 Å². The standard InChI is InChI=1S/C106H72N8O2/c1-3-4-30-71(2)105(87-41-17-21-47-93(87)115-94-48-22-18-42-88(94)105)84(37-15-7-5-6-8-26-68-107)38-16-25-51-97-109-100(77-31-11-9-12-32-77)111-101(110-97)79-62-56-73(57-63-79)82-35-27-36-83(69-82)74-58-64-80(65-59-74)103-112-102(78-33-13-10-14-34-78)113-104(114-103)81-66-60-76(61-67-81)86-40-29-46-92-99(86)98-85(75-54-52-72(70-108)53-55-75)39-28-45-91(98)106(92)89-43-19-23-49-95(89)116-96-50-24-20-44-90(96)106/h3-6,8-14,16-67,69H,1-2,7,15H2/b6-5-,26-8+,30-4-,38-16-,51-25+,84-37-. The number of ether oxygens (including phenoxy) is 2. The van der Waals surface area contributed by atoms with Crippen molar-refractivity contribution < 1.29 is 9.47 Å². The fourth-order valence-corrected chi connectivity index (χ4v) is 16.6. The Morgan fingerprint density at radius 2 is 0.750 bits per heavy atom.